The van der Waals surface area contributed by atoms with Crippen molar-refractivity contribution in [3.63, 3.8) is 0 Å². The normalized spacial score (nSPS) is 11.3. The Morgan fingerprint density at radius 1 is 1.29 bits per heavy atom. The van der Waals surface area contributed by atoms with E-state index in [9.17, 15) is 4.79 Å². The van der Waals surface area contributed by atoms with E-state index < -0.39 is 5.91 Å². The Kier molecular flexibility index (Phi) is 6.81. The first-order valence-corrected chi connectivity index (χ1v) is 8.56. The standard InChI is InChI=1S/C18H26N4O2/c1-3-5-7-15-18(19-12-6-4-2)22-13-14(8-10-16(22)20-15)9-11-17(23)21-24/h8-11,13,19,24H,3-7,12H2,1-2H3,(H,21,23)/b11-9+. The fourth-order valence-electron chi connectivity index (χ4n) is 2.51. The van der Waals surface area contributed by atoms with E-state index in [1.807, 2.05) is 22.7 Å². The van der Waals surface area contributed by atoms with Crippen molar-refractivity contribution in [2.75, 3.05) is 11.9 Å². The maximum absolute atomic E-state index is 11.1. The molecule has 0 aliphatic heterocycles. The molecule has 0 saturated heterocycles. The molecule has 0 aliphatic carbocycles. The second kappa shape index (κ2) is 9.08. The number of nitrogens with one attached hydrogen (secondary N) is 2. The fraction of sp³-hybridized carbons (Fsp3) is 0.444. The number of anilines is 1. The van der Waals surface area contributed by atoms with Crippen molar-refractivity contribution in [3.05, 3.63) is 35.7 Å². The van der Waals surface area contributed by atoms with Crippen molar-refractivity contribution in [2.24, 2.45) is 0 Å². The average molecular weight is 330 g/mol. The molecule has 1 amide bonds. The first-order valence-electron chi connectivity index (χ1n) is 8.56. The number of carbonyl (C=O) groups is 1. The van der Waals surface area contributed by atoms with Gasteiger partial charge in [0, 0.05) is 18.8 Å². The topological polar surface area (TPSA) is 78.7 Å². The van der Waals surface area contributed by atoms with E-state index in [1.165, 1.54) is 6.08 Å². The summed E-state index contributed by atoms with van der Waals surface area (Å²) >= 11 is 0. The SMILES string of the molecule is CCCCNc1c(CCCC)nc2ccc(/C=C/C(=O)NO)cn12. The minimum absolute atomic E-state index is 0.550. The number of imidazole rings is 1. The number of unbranched alkanes of at least 4 members (excludes halogenated alkanes) is 2. The Morgan fingerprint density at radius 2 is 2.08 bits per heavy atom. The molecule has 2 aromatic rings. The molecule has 0 spiro atoms. The number of hydroxylamine groups is 1. The number of pyridine rings is 1. The highest BCUT2D eigenvalue weighted by molar-refractivity contribution is 5.90. The van der Waals surface area contributed by atoms with Crippen LogP contribution in [0.1, 0.15) is 50.8 Å². The molecule has 24 heavy (non-hydrogen) atoms. The molecule has 6 heteroatoms. The van der Waals surface area contributed by atoms with Gasteiger partial charge in [-0.05, 0) is 43.0 Å². The Hall–Kier alpha value is -2.34. The number of aromatic nitrogens is 2. The molecule has 3 N–H and O–H groups in total. The van der Waals surface area contributed by atoms with Crippen molar-refractivity contribution in [1.82, 2.24) is 14.9 Å². The highest BCUT2D eigenvalue weighted by atomic mass is 16.5. The number of carbonyl (C=O) groups excluding carboxylic acids is 1. The summed E-state index contributed by atoms with van der Waals surface area (Å²) in [6, 6.07) is 3.85. The smallest absolute Gasteiger partial charge is 0.267 e. The summed E-state index contributed by atoms with van der Waals surface area (Å²) in [6.45, 7) is 5.26. The van der Waals surface area contributed by atoms with Crippen LogP contribution in [0.25, 0.3) is 11.7 Å². The first-order chi connectivity index (χ1) is 11.7. The predicted octanol–water partition coefficient (Wildman–Crippen LogP) is 3.41. The molecule has 130 valence electrons. The van der Waals surface area contributed by atoms with Crippen LogP contribution in [0, 0.1) is 0 Å². The summed E-state index contributed by atoms with van der Waals surface area (Å²) in [5.74, 6) is 0.486. The third-order valence-electron chi connectivity index (χ3n) is 3.84. The minimum Gasteiger partial charge on any atom is -0.370 e. The number of aryl methyl sites for hydroxylation is 1. The highest BCUT2D eigenvalue weighted by Gasteiger charge is 2.11. The van der Waals surface area contributed by atoms with Crippen LogP contribution in [0.3, 0.4) is 0 Å². The van der Waals surface area contributed by atoms with Gasteiger partial charge in [-0.2, -0.15) is 0 Å². The van der Waals surface area contributed by atoms with Crippen LogP contribution in [-0.4, -0.2) is 27.0 Å². The number of hydrogen-bond acceptors (Lipinski definition) is 4. The van der Waals surface area contributed by atoms with Gasteiger partial charge < -0.3 is 5.32 Å². The van der Waals surface area contributed by atoms with Crippen LogP contribution in [0.15, 0.2) is 24.4 Å². The minimum atomic E-state index is -0.550. The largest absolute Gasteiger partial charge is 0.370 e. The lowest BCUT2D eigenvalue weighted by Gasteiger charge is -2.08. The second-order valence-corrected chi connectivity index (χ2v) is 5.79. The van der Waals surface area contributed by atoms with Crippen molar-refractivity contribution < 1.29 is 10.0 Å². The van der Waals surface area contributed by atoms with Crippen LogP contribution in [-0.2, 0) is 11.2 Å². The van der Waals surface area contributed by atoms with Gasteiger partial charge in [0.2, 0.25) is 0 Å². The van der Waals surface area contributed by atoms with Gasteiger partial charge in [0.05, 0.1) is 5.69 Å². The van der Waals surface area contributed by atoms with Crippen molar-refractivity contribution in [3.8, 4) is 0 Å². The van der Waals surface area contributed by atoms with E-state index in [0.29, 0.717) is 0 Å². The number of hydrogen-bond donors (Lipinski definition) is 3. The number of nitrogens with zero attached hydrogens (tertiary/aromatic N) is 2. The molecule has 0 atom stereocenters. The second-order valence-electron chi connectivity index (χ2n) is 5.79. The molecule has 0 radical (unpaired) electrons. The molecule has 6 nitrogen and oxygen atoms in total. The van der Waals surface area contributed by atoms with E-state index >= 15 is 0 Å². The quantitative estimate of drug-likeness (QED) is 0.285. The molecular weight excluding hydrogens is 304 g/mol. The van der Waals surface area contributed by atoms with Gasteiger partial charge in [-0.25, -0.2) is 10.5 Å². The molecular formula is C18H26N4O2. The zero-order valence-corrected chi connectivity index (χ0v) is 14.4. The van der Waals surface area contributed by atoms with Gasteiger partial charge in [-0.3, -0.25) is 14.4 Å². The summed E-state index contributed by atoms with van der Waals surface area (Å²) in [6.07, 6.45) is 10.3. The molecule has 0 aliphatic rings. The first kappa shape index (κ1) is 18.0. The van der Waals surface area contributed by atoms with Crippen LogP contribution in [0.5, 0.6) is 0 Å². The Morgan fingerprint density at radius 3 is 2.79 bits per heavy atom. The molecule has 0 unspecified atom stereocenters. The Balaban J connectivity index is 2.34. The van der Waals surface area contributed by atoms with E-state index in [-0.39, 0.29) is 0 Å². The number of fused-ring (bicyclic) bond motifs is 1. The third-order valence-corrected chi connectivity index (χ3v) is 3.84. The summed E-state index contributed by atoms with van der Waals surface area (Å²) in [4.78, 5) is 15.9. The molecule has 2 rings (SSSR count). The van der Waals surface area contributed by atoms with Gasteiger partial charge in [-0.15, -0.1) is 0 Å². The van der Waals surface area contributed by atoms with Crippen LogP contribution in [0.2, 0.25) is 0 Å². The molecule has 0 fully saturated rings. The zero-order chi connectivity index (χ0) is 17.4. The van der Waals surface area contributed by atoms with Gasteiger partial charge >= 0.3 is 0 Å². The van der Waals surface area contributed by atoms with E-state index in [0.717, 1.165) is 61.4 Å². The molecule has 0 bridgehead atoms. The monoisotopic (exact) mass is 330 g/mol. The third kappa shape index (κ3) is 4.58. The van der Waals surface area contributed by atoms with Crippen molar-refractivity contribution in [2.45, 2.75) is 46.0 Å². The summed E-state index contributed by atoms with van der Waals surface area (Å²) in [5, 5.41) is 12.1. The summed E-state index contributed by atoms with van der Waals surface area (Å²) < 4.78 is 2.04. The van der Waals surface area contributed by atoms with Gasteiger partial charge in [0.25, 0.3) is 5.91 Å². The number of rotatable bonds is 9. The van der Waals surface area contributed by atoms with Crippen LogP contribution < -0.4 is 10.8 Å². The van der Waals surface area contributed by atoms with Gasteiger partial charge in [0.1, 0.15) is 11.5 Å². The molecule has 2 aromatic heterocycles. The van der Waals surface area contributed by atoms with E-state index in [2.05, 4.69) is 19.2 Å². The molecule has 0 aromatic carbocycles. The average Bonchev–Trinajstić information content (AvgIpc) is 2.95. The molecule has 0 saturated carbocycles. The van der Waals surface area contributed by atoms with Gasteiger partial charge in [0.15, 0.2) is 0 Å². The van der Waals surface area contributed by atoms with Gasteiger partial charge in [-0.1, -0.05) is 26.7 Å². The fourth-order valence-corrected chi connectivity index (χ4v) is 2.51. The van der Waals surface area contributed by atoms with E-state index in [1.54, 1.807) is 11.6 Å². The summed E-state index contributed by atoms with van der Waals surface area (Å²) in [5.41, 5.74) is 4.43. The van der Waals surface area contributed by atoms with Crippen molar-refractivity contribution >= 4 is 23.4 Å². The maximum Gasteiger partial charge on any atom is 0.267 e. The molecule has 2 heterocycles. The highest BCUT2D eigenvalue weighted by Crippen LogP contribution is 2.21. The zero-order valence-electron chi connectivity index (χ0n) is 14.4. The Labute approximate surface area is 142 Å². The van der Waals surface area contributed by atoms with Crippen molar-refractivity contribution in [1.29, 1.82) is 0 Å². The lowest BCUT2D eigenvalue weighted by molar-refractivity contribution is -0.124. The van der Waals surface area contributed by atoms with Crippen LogP contribution in [0.4, 0.5) is 5.82 Å². The van der Waals surface area contributed by atoms with Crippen LogP contribution >= 0.6 is 0 Å². The predicted molar refractivity (Wildman–Crippen MR) is 96.2 cm³/mol. The lowest BCUT2D eigenvalue weighted by Crippen LogP contribution is -2.14. The Bertz CT molecular complexity index is 706. The maximum atomic E-state index is 11.1. The van der Waals surface area contributed by atoms with E-state index in [4.69, 9.17) is 10.2 Å². The summed E-state index contributed by atoms with van der Waals surface area (Å²) in [7, 11) is 0. The lowest BCUT2D eigenvalue weighted by atomic mass is 10.2. The number of amides is 1.